The van der Waals surface area contributed by atoms with Gasteiger partial charge in [0.15, 0.2) is 0 Å². The van der Waals surface area contributed by atoms with E-state index in [1.165, 1.54) is 108 Å². The summed E-state index contributed by atoms with van der Waals surface area (Å²) < 4.78 is 0. The molecule has 0 amide bonds. The third kappa shape index (κ3) is 7.98. The fourth-order valence-corrected chi connectivity index (χ4v) is 9.62. The van der Waals surface area contributed by atoms with Crippen LogP contribution in [0.1, 0.15) is 0 Å². The summed E-state index contributed by atoms with van der Waals surface area (Å²) in [6.45, 7) is 0. The Morgan fingerprint density at radius 2 is 0.318 bits per heavy atom. The monoisotopic (exact) mass is 838 g/mol. The second-order valence-electron chi connectivity index (χ2n) is 16.7. The van der Waals surface area contributed by atoms with E-state index in [-0.39, 0.29) is 0 Å². The third-order valence-corrected chi connectivity index (χ3v) is 12.8. The predicted molar refractivity (Wildman–Crippen MR) is 289 cm³/mol. The van der Waals surface area contributed by atoms with E-state index in [4.69, 9.17) is 0 Å². The lowest BCUT2D eigenvalue weighted by Gasteiger charge is -2.10. The highest BCUT2D eigenvalue weighted by atomic mass is 14.1. The lowest BCUT2D eigenvalue weighted by atomic mass is 9.94. The van der Waals surface area contributed by atoms with Gasteiger partial charge in [-0.1, -0.05) is 267 Å². The zero-order valence-corrected chi connectivity index (χ0v) is 36.6. The molecule has 0 saturated heterocycles. The third-order valence-electron chi connectivity index (χ3n) is 12.8. The summed E-state index contributed by atoms with van der Waals surface area (Å²) in [5.74, 6) is 0. The molecule has 0 aromatic heterocycles. The zero-order valence-electron chi connectivity index (χ0n) is 36.6. The van der Waals surface area contributed by atoms with E-state index in [0.717, 1.165) is 0 Å². The van der Waals surface area contributed by atoms with Gasteiger partial charge in [0.1, 0.15) is 0 Å². The molecule has 0 atom stereocenters. The van der Waals surface area contributed by atoms with Crippen molar-refractivity contribution in [2.24, 2.45) is 0 Å². The molecule has 0 heterocycles. The normalized spacial score (nSPS) is 11.0. The molecule has 0 N–H and O–H groups in total. The van der Waals surface area contributed by atoms with Crippen molar-refractivity contribution in [2.45, 2.75) is 0 Å². The fourth-order valence-electron chi connectivity index (χ4n) is 9.62. The van der Waals surface area contributed by atoms with E-state index in [9.17, 15) is 0 Å². The van der Waals surface area contributed by atoms with Gasteiger partial charge in [-0.2, -0.15) is 0 Å². The largest absolute Gasteiger partial charge is 0.0616 e. The molecule has 14 rings (SSSR count). The van der Waals surface area contributed by atoms with Gasteiger partial charge >= 0.3 is 0 Å². The quantitative estimate of drug-likeness (QED) is 0.114. The van der Waals surface area contributed by atoms with Crippen LogP contribution in [0.25, 0.3) is 108 Å². The van der Waals surface area contributed by atoms with Crippen LogP contribution in [-0.2, 0) is 0 Å². The molecule has 0 aliphatic carbocycles. The average Bonchev–Trinajstić information content (AvgIpc) is 3.40. The zero-order chi connectivity index (χ0) is 44.1. The molecule has 0 fully saturated rings. The Bertz CT molecular complexity index is 3520. The van der Waals surface area contributed by atoms with Crippen molar-refractivity contribution in [3.63, 3.8) is 0 Å². The maximum absolute atomic E-state index is 2.24. The molecule has 66 heavy (non-hydrogen) atoms. The van der Waals surface area contributed by atoms with Crippen LogP contribution in [0.2, 0.25) is 0 Å². The lowest BCUT2D eigenvalue weighted by molar-refractivity contribution is 1.68. The van der Waals surface area contributed by atoms with Gasteiger partial charge in [-0.25, -0.2) is 0 Å². The second-order valence-corrected chi connectivity index (χ2v) is 16.7. The summed E-state index contributed by atoms with van der Waals surface area (Å²) in [7, 11) is 0. The van der Waals surface area contributed by atoms with Crippen LogP contribution in [0.5, 0.6) is 0 Å². The Morgan fingerprint density at radius 1 is 0.121 bits per heavy atom. The van der Waals surface area contributed by atoms with Gasteiger partial charge in [-0.3, -0.25) is 0 Å². The van der Waals surface area contributed by atoms with Crippen molar-refractivity contribution >= 4 is 97.0 Å². The summed E-state index contributed by atoms with van der Waals surface area (Å²) >= 11 is 0. The van der Waals surface area contributed by atoms with Crippen LogP contribution < -0.4 is 0 Å². The first-order chi connectivity index (χ1) is 32.8. The van der Waals surface area contributed by atoms with Gasteiger partial charge in [-0.15, -0.1) is 0 Å². The van der Waals surface area contributed by atoms with Gasteiger partial charge < -0.3 is 0 Å². The van der Waals surface area contributed by atoms with Crippen LogP contribution in [0.3, 0.4) is 0 Å². The molecular weight excluding hydrogens is 793 g/mol. The Kier molecular flexibility index (Phi) is 11.1. The van der Waals surface area contributed by atoms with E-state index in [1.807, 2.05) is 0 Å². The average molecular weight is 839 g/mol. The lowest BCUT2D eigenvalue weighted by Crippen LogP contribution is -1.83. The highest BCUT2D eigenvalue weighted by Crippen LogP contribution is 2.36. The summed E-state index contributed by atoms with van der Waals surface area (Å²) in [4.78, 5) is 0. The molecule has 0 heteroatoms. The van der Waals surface area contributed by atoms with Crippen LogP contribution in [-0.4, -0.2) is 0 Å². The molecule has 0 radical (unpaired) electrons. The minimum Gasteiger partial charge on any atom is -0.0616 e. The molecule has 0 aliphatic rings. The summed E-state index contributed by atoms with van der Waals surface area (Å²) in [6.07, 6.45) is 0. The Balaban J connectivity index is 0.0000000983. The van der Waals surface area contributed by atoms with Crippen molar-refractivity contribution in [1.29, 1.82) is 0 Å². The molecule has 0 unspecified atom stereocenters. The number of benzene rings is 14. The van der Waals surface area contributed by atoms with E-state index in [0.29, 0.717) is 0 Å². The van der Waals surface area contributed by atoms with Crippen molar-refractivity contribution in [3.05, 3.63) is 279 Å². The summed E-state index contributed by atoms with van der Waals surface area (Å²) in [6, 6.07) is 98.9. The van der Waals surface area contributed by atoms with Crippen molar-refractivity contribution in [3.8, 4) is 11.1 Å². The minimum absolute atomic E-state index is 1.29. The summed E-state index contributed by atoms with van der Waals surface area (Å²) in [5, 5.41) is 23.8. The molecular formula is C66H46. The van der Waals surface area contributed by atoms with Crippen LogP contribution in [0, 0.1) is 0 Å². The molecule has 0 bridgehead atoms. The van der Waals surface area contributed by atoms with Gasteiger partial charge in [0.2, 0.25) is 0 Å². The molecule has 310 valence electrons. The highest BCUT2D eigenvalue weighted by Gasteiger charge is 2.08. The first kappa shape index (κ1) is 40.2. The van der Waals surface area contributed by atoms with Crippen molar-refractivity contribution in [1.82, 2.24) is 0 Å². The van der Waals surface area contributed by atoms with E-state index in [1.54, 1.807) is 0 Å². The highest BCUT2D eigenvalue weighted by molar-refractivity contribution is 6.25. The molecule has 14 aromatic carbocycles. The number of fused-ring (bicyclic) bond motifs is 13. The smallest absolute Gasteiger partial charge is 0.00990 e. The van der Waals surface area contributed by atoms with Crippen LogP contribution in [0.15, 0.2) is 279 Å². The maximum Gasteiger partial charge on any atom is -0.00990 e. The summed E-state index contributed by atoms with van der Waals surface area (Å²) in [5.41, 5.74) is 2.61. The van der Waals surface area contributed by atoms with Gasteiger partial charge in [0, 0.05) is 0 Å². The van der Waals surface area contributed by atoms with E-state index >= 15 is 0 Å². The fraction of sp³-hybridized carbons (Fsp3) is 0. The number of hydrogen-bond acceptors (Lipinski definition) is 0. The minimum atomic E-state index is 1.29. The maximum atomic E-state index is 2.24. The number of hydrogen-bond donors (Lipinski definition) is 0. The SMILES string of the molecule is c1ccc2c(-c3cccc4ccccc34)cccc2c1.c1ccc2c(c1)c1ccccc1c1ccccc21.c1ccc2c(c1)ccc1ccccc12.c1ccc2cc3ccccc3cc2c1. The Morgan fingerprint density at radius 3 is 0.606 bits per heavy atom. The van der Waals surface area contributed by atoms with Crippen LogP contribution in [0.4, 0.5) is 0 Å². The van der Waals surface area contributed by atoms with E-state index < -0.39 is 0 Å². The van der Waals surface area contributed by atoms with E-state index in [2.05, 4.69) is 279 Å². The van der Waals surface area contributed by atoms with Crippen molar-refractivity contribution in [2.75, 3.05) is 0 Å². The molecule has 0 aliphatic heterocycles. The van der Waals surface area contributed by atoms with Gasteiger partial charge in [0.25, 0.3) is 0 Å². The van der Waals surface area contributed by atoms with Gasteiger partial charge in [0.05, 0.1) is 0 Å². The first-order valence-corrected chi connectivity index (χ1v) is 22.7. The molecule has 0 nitrogen and oxygen atoms in total. The number of rotatable bonds is 1. The van der Waals surface area contributed by atoms with Gasteiger partial charge in [-0.05, 0) is 120 Å². The topological polar surface area (TPSA) is 0 Å². The molecule has 0 spiro atoms. The Labute approximate surface area is 385 Å². The van der Waals surface area contributed by atoms with Crippen LogP contribution >= 0.6 is 0 Å². The second kappa shape index (κ2) is 18.3. The first-order valence-electron chi connectivity index (χ1n) is 22.7. The predicted octanol–water partition coefficient (Wildman–Crippen LogP) is 18.8. The molecule has 14 aromatic rings. The Hall–Kier alpha value is -8.58. The van der Waals surface area contributed by atoms with Crippen molar-refractivity contribution < 1.29 is 0 Å². The molecule has 0 saturated carbocycles. The standard InChI is InChI=1S/C20H14.C18H12.2C14H10/c1-3-11-17-15(7-1)9-5-13-19(17)20-14-6-10-16-8-2-4-12-18(16)20;1-2-8-14-13(7-1)15-9-3-4-11-17(15)18-12-6-5-10-16(14)18;1-3-7-13-11(5-1)9-10-12-6-2-4-8-14(12)13;1-2-6-12-10-14-8-4-3-7-13(14)9-11(12)5-1/h1-14H;1-12H;2*1-10H.